The summed E-state index contributed by atoms with van der Waals surface area (Å²) in [7, 11) is 0. The summed E-state index contributed by atoms with van der Waals surface area (Å²) in [6, 6.07) is 3.70. The molecule has 0 amide bonds. The highest BCUT2D eigenvalue weighted by molar-refractivity contribution is 6.02. The molecule has 0 aliphatic rings. The van der Waals surface area contributed by atoms with Gasteiger partial charge in [0.15, 0.2) is 0 Å². The van der Waals surface area contributed by atoms with Gasteiger partial charge in [-0.15, -0.1) is 0 Å². The van der Waals surface area contributed by atoms with Crippen LogP contribution in [0.3, 0.4) is 0 Å². The lowest BCUT2D eigenvalue weighted by atomic mass is 10.3. The Hall–Kier alpha value is -2.17. The van der Waals surface area contributed by atoms with Gasteiger partial charge in [-0.1, -0.05) is 0 Å². The molecule has 0 unspecified atom stereocenters. The Balaban J connectivity index is 2.70. The van der Waals surface area contributed by atoms with Crippen LogP contribution in [0.1, 0.15) is 0 Å². The quantitative estimate of drug-likeness (QED) is 0.545. The number of aromatic amines is 2. The molecule has 0 bridgehead atoms. The van der Waals surface area contributed by atoms with Crippen molar-refractivity contribution in [3.63, 3.8) is 0 Å². The summed E-state index contributed by atoms with van der Waals surface area (Å²) >= 11 is 0. The van der Waals surface area contributed by atoms with E-state index in [1.165, 1.54) is 6.33 Å². The van der Waals surface area contributed by atoms with Crippen LogP contribution in [0.2, 0.25) is 0 Å². The zero-order valence-electron chi connectivity index (χ0n) is 7.11. The summed E-state index contributed by atoms with van der Waals surface area (Å²) in [6.45, 7) is 0. The first-order valence-corrected chi connectivity index (χ1v) is 4.16. The molecule has 5 heteroatoms. The third-order valence-corrected chi connectivity index (χ3v) is 2.16. The molecule has 0 aliphatic heterocycles. The van der Waals surface area contributed by atoms with Gasteiger partial charge in [-0.05, 0) is 12.1 Å². The van der Waals surface area contributed by atoms with Crippen molar-refractivity contribution in [2.75, 3.05) is 0 Å². The summed E-state index contributed by atoms with van der Waals surface area (Å²) in [5.41, 5.74) is 1.65. The molecular formula is C9H6N4O. The van der Waals surface area contributed by atoms with E-state index < -0.39 is 0 Å². The summed E-state index contributed by atoms with van der Waals surface area (Å²) in [5.74, 6) is 0. The van der Waals surface area contributed by atoms with Crippen LogP contribution < -0.4 is 5.56 Å². The van der Waals surface area contributed by atoms with Crippen molar-refractivity contribution in [2.24, 2.45) is 0 Å². The van der Waals surface area contributed by atoms with Crippen LogP contribution in [0, 0.1) is 0 Å². The van der Waals surface area contributed by atoms with Crippen molar-refractivity contribution in [1.82, 2.24) is 19.9 Å². The molecule has 0 aliphatic carbocycles. The second kappa shape index (κ2) is 2.41. The molecule has 3 heterocycles. The molecule has 3 aromatic heterocycles. The highest BCUT2D eigenvalue weighted by Crippen LogP contribution is 2.17. The molecule has 5 nitrogen and oxygen atoms in total. The highest BCUT2D eigenvalue weighted by Gasteiger charge is 2.07. The largest absolute Gasteiger partial charge is 0.333 e. The van der Waals surface area contributed by atoms with Crippen LogP contribution in [-0.4, -0.2) is 19.9 Å². The smallest absolute Gasteiger partial charge is 0.275 e. The van der Waals surface area contributed by atoms with Gasteiger partial charge >= 0.3 is 0 Å². The van der Waals surface area contributed by atoms with Gasteiger partial charge in [0.25, 0.3) is 5.56 Å². The average Bonchev–Trinajstić information content (AvgIpc) is 2.59. The fourth-order valence-electron chi connectivity index (χ4n) is 1.53. The van der Waals surface area contributed by atoms with Crippen LogP contribution in [0.5, 0.6) is 0 Å². The monoisotopic (exact) mass is 186 g/mol. The van der Waals surface area contributed by atoms with Crippen LogP contribution in [0.4, 0.5) is 0 Å². The predicted octanol–water partition coefficient (Wildman–Crippen LogP) is 0.799. The van der Waals surface area contributed by atoms with E-state index in [1.54, 1.807) is 6.20 Å². The second-order valence-corrected chi connectivity index (χ2v) is 2.98. The van der Waals surface area contributed by atoms with Crippen LogP contribution in [0.25, 0.3) is 22.1 Å². The lowest BCUT2D eigenvalue weighted by Gasteiger charge is -1.86. The van der Waals surface area contributed by atoms with Gasteiger partial charge in [0, 0.05) is 11.6 Å². The maximum absolute atomic E-state index is 11.4. The average molecular weight is 186 g/mol. The summed E-state index contributed by atoms with van der Waals surface area (Å²) < 4.78 is 0. The molecule has 0 saturated carbocycles. The Kier molecular flexibility index (Phi) is 1.25. The van der Waals surface area contributed by atoms with Gasteiger partial charge in [0.2, 0.25) is 0 Å². The molecule has 0 fully saturated rings. The van der Waals surface area contributed by atoms with Crippen molar-refractivity contribution in [3.8, 4) is 0 Å². The molecule has 0 saturated heterocycles. The minimum absolute atomic E-state index is 0.173. The van der Waals surface area contributed by atoms with E-state index in [9.17, 15) is 4.79 Å². The highest BCUT2D eigenvalue weighted by atomic mass is 16.1. The first-order chi connectivity index (χ1) is 6.86. The number of fused-ring (bicyclic) bond motifs is 3. The zero-order valence-corrected chi connectivity index (χ0v) is 7.11. The van der Waals surface area contributed by atoms with E-state index in [0.29, 0.717) is 16.7 Å². The molecule has 3 rings (SSSR count). The Labute approximate surface area is 77.8 Å². The van der Waals surface area contributed by atoms with Gasteiger partial charge in [-0.3, -0.25) is 4.79 Å². The molecule has 0 atom stereocenters. The number of aromatic nitrogens is 4. The van der Waals surface area contributed by atoms with Crippen molar-refractivity contribution in [1.29, 1.82) is 0 Å². The van der Waals surface area contributed by atoms with Crippen LogP contribution in [0.15, 0.2) is 29.5 Å². The lowest BCUT2D eigenvalue weighted by molar-refractivity contribution is 1.16. The first-order valence-electron chi connectivity index (χ1n) is 4.16. The Bertz CT molecular complexity index is 667. The Morgan fingerprint density at radius 2 is 2.21 bits per heavy atom. The molecular weight excluding hydrogens is 180 g/mol. The summed E-state index contributed by atoms with van der Waals surface area (Å²) in [6.07, 6.45) is 3.07. The normalized spacial score (nSPS) is 11.1. The number of H-pyrrole nitrogens is 2. The number of nitrogens with one attached hydrogen (secondary N) is 2. The standard InChI is InChI=1S/C9H6N4O/c14-9-7-6(11-4-12-9)5-2-1-3-10-8(5)13-7/h1-4H,(H,10,13)(H,11,12,14). The molecule has 0 radical (unpaired) electrons. The summed E-state index contributed by atoms with van der Waals surface area (Å²) in [5, 5.41) is 0.869. The van der Waals surface area contributed by atoms with Crippen molar-refractivity contribution >= 4 is 22.1 Å². The number of rotatable bonds is 0. The molecule has 0 aromatic carbocycles. The maximum Gasteiger partial charge on any atom is 0.275 e. The van der Waals surface area contributed by atoms with Gasteiger partial charge in [0.1, 0.15) is 16.7 Å². The Morgan fingerprint density at radius 1 is 1.29 bits per heavy atom. The fourth-order valence-corrected chi connectivity index (χ4v) is 1.53. The molecule has 0 spiro atoms. The van der Waals surface area contributed by atoms with Crippen LogP contribution >= 0.6 is 0 Å². The van der Waals surface area contributed by atoms with Gasteiger partial charge < -0.3 is 9.97 Å². The zero-order chi connectivity index (χ0) is 9.54. The van der Waals surface area contributed by atoms with E-state index in [-0.39, 0.29) is 5.56 Å². The van der Waals surface area contributed by atoms with Crippen molar-refractivity contribution in [2.45, 2.75) is 0 Å². The van der Waals surface area contributed by atoms with Gasteiger partial charge in [-0.25, -0.2) is 9.97 Å². The van der Waals surface area contributed by atoms with E-state index in [4.69, 9.17) is 0 Å². The van der Waals surface area contributed by atoms with E-state index in [2.05, 4.69) is 19.9 Å². The van der Waals surface area contributed by atoms with Crippen molar-refractivity contribution in [3.05, 3.63) is 35.0 Å². The first kappa shape index (κ1) is 7.25. The second-order valence-electron chi connectivity index (χ2n) is 2.98. The minimum atomic E-state index is -0.173. The predicted molar refractivity (Wildman–Crippen MR) is 52.0 cm³/mol. The molecule has 2 N–H and O–H groups in total. The Morgan fingerprint density at radius 3 is 3.14 bits per heavy atom. The van der Waals surface area contributed by atoms with E-state index in [1.807, 2.05) is 12.1 Å². The summed E-state index contributed by atoms with van der Waals surface area (Å²) in [4.78, 5) is 25.0. The van der Waals surface area contributed by atoms with Gasteiger partial charge in [-0.2, -0.15) is 0 Å². The maximum atomic E-state index is 11.4. The van der Waals surface area contributed by atoms with E-state index in [0.717, 1.165) is 5.39 Å². The molecule has 14 heavy (non-hydrogen) atoms. The third kappa shape index (κ3) is 0.806. The van der Waals surface area contributed by atoms with Gasteiger partial charge in [0.05, 0.1) is 6.33 Å². The number of hydrogen-bond acceptors (Lipinski definition) is 3. The third-order valence-electron chi connectivity index (χ3n) is 2.16. The number of nitrogens with zero attached hydrogens (tertiary/aromatic N) is 2. The molecule has 68 valence electrons. The topological polar surface area (TPSA) is 74.4 Å². The number of pyridine rings is 1. The molecule has 3 aromatic rings. The lowest BCUT2D eigenvalue weighted by Crippen LogP contribution is -2.05. The minimum Gasteiger partial charge on any atom is -0.333 e. The fraction of sp³-hybridized carbons (Fsp3) is 0. The van der Waals surface area contributed by atoms with E-state index >= 15 is 0 Å². The van der Waals surface area contributed by atoms with Crippen LogP contribution in [-0.2, 0) is 0 Å². The SMILES string of the molecule is O=c1[nH]cnc2c1[nH]c1ncccc12. The van der Waals surface area contributed by atoms with Crippen molar-refractivity contribution < 1.29 is 0 Å². The number of hydrogen-bond donors (Lipinski definition) is 2.